The van der Waals surface area contributed by atoms with Gasteiger partial charge in [-0.1, -0.05) is 60.2 Å². The summed E-state index contributed by atoms with van der Waals surface area (Å²) >= 11 is 0. The third kappa shape index (κ3) is 4.23. The minimum atomic E-state index is -0.706. The van der Waals surface area contributed by atoms with E-state index in [1.807, 2.05) is 55.5 Å². The fraction of sp³-hybridized carbons (Fsp3) is 0.278. The molecular weight excluding hydrogens is 248 g/mol. The minimum Gasteiger partial charge on any atom is -0.481 e. The van der Waals surface area contributed by atoms with Crippen LogP contribution in [0.5, 0.6) is 0 Å². The first-order valence-electron chi connectivity index (χ1n) is 6.97. The average Bonchev–Trinajstić information content (AvgIpc) is 2.44. The number of rotatable bonds is 6. The number of carboxylic acids is 1. The maximum atomic E-state index is 11.4. The van der Waals surface area contributed by atoms with Crippen LogP contribution in [0.1, 0.15) is 23.1 Å². The first-order valence-corrected chi connectivity index (χ1v) is 6.97. The van der Waals surface area contributed by atoms with Crippen molar-refractivity contribution >= 4 is 5.97 Å². The molecule has 1 N–H and O–H groups in total. The molecule has 1 unspecified atom stereocenters. The van der Waals surface area contributed by atoms with Crippen molar-refractivity contribution in [2.75, 3.05) is 0 Å². The van der Waals surface area contributed by atoms with Gasteiger partial charge in [-0.25, -0.2) is 0 Å². The first kappa shape index (κ1) is 14.3. The minimum absolute atomic E-state index is 0.322. The van der Waals surface area contributed by atoms with Crippen LogP contribution >= 0.6 is 0 Å². The third-order valence-electron chi connectivity index (χ3n) is 3.54. The van der Waals surface area contributed by atoms with Gasteiger partial charge in [-0.05, 0) is 37.3 Å². The molecule has 0 aliphatic carbocycles. The van der Waals surface area contributed by atoms with E-state index in [9.17, 15) is 9.90 Å². The number of aryl methyl sites for hydroxylation is 2. The van der Waals surface area contributed by atoms with Crippen molar-refractivity contribution in [3.63, 3.8) is 0 Å². The Kier molecular flexibility index (Phi) is 4.94. The number of hydrogen-bond acceptors (Lipinski definition) is 1. The molecule has 0 bridgehead atoms. The quantitative estimate of drug-likeness (QED) is 0.863. The molecule has 0 heterocycles. The summed E-state index contributed by atoms with van der Waals surface area (Å²) in [5, 5.41) is 9.38. The number of hydrogen-bond donors (Lipinski definition) is 1. The maximum Gasteiger partial charge on any atom is 0.306 e. The van der Waals surface area contributed by atoms with E-state index in [1.165, 1.54) is 11.1 Å². The zero-order valence-corrected chi connectivity index (χ0v) is 11.8. The molecule has 0 spiro atoms. The Morgan fingerprint density at radius 2 is 1.75 bits per heavy atom. The summed E-state index contributed by atoms with van der Waals surface area (Å²) in [6.45, 7) is 2.03. The molecule has 0 aliphatic rings. The molecule has 20 heavy (non-hydrogen) atoms. The van der Waals surface area contributed by atoms with E-state index in [0.717, 1.165) is 12.0 Å². The zero-order valence-electron chi connectivity index (χ0n) is 11.8. The molecule has 2 rings (SSSR count). The van der Waals surface area contributed by atoms with Gasteiger partial charge < -0.3 is 5.11 Å². The molecule has 0 aliphatic heterocycles. The lowest BCUT2D eigenvalue weighted by Crippen LogP contribution is -2.17. The van der Waals surface area contributed by atoms with Gasteiger partial charge in [0.25, 0.3) is 0 Å². The van der Waals surface area contributed by atoms with E-state index in [1.54, 1.807) is 0 Å². The zero-order chi connectivity index (χ0) is 14.4. The second kappa shape index (κ2) is 6.90. The lowest BCUT2D eigenvalue weighted by atomic mass is 9.92. The Morgan fingerprint density at radius 1 is 1.05 bits per heavy atom. The van der Waals surface area contributed by atoms with Crippen molar-refractivity contribution < 1.29 is 9.90 Å². The molecule has 2 aromatic rings. The Bertz CT molecular complexity index is 561. The second-order valence-electron chi connectivity index (χ2n) is 5.25. The summed E-state index contributed by atoms with van der Waals surface area (Å²) in [5.74, 6) is -1.03. The van der Waals surface area contributed by atoms with E-state index >= 15 is 0 Å². The van der Waals surface area contributed by atoms with Gasteiger partial charge in [0.05, 0.1) is 5.92 Å². The van der Waals surface area contributed by atoms with Gasteiger partial charge in [-0.15, -0.1) is 0 Å². The molecule has 1 atom stereocenters. The predicted octanol–water partition coefficient (Wildman–Crippen LogP) is 3.87. The third-order valence-corrected chi connectivity index (χ3v) is 3.54. The van der Waals surface area contributed by atoms with Crippen LogP contribution in [0, 0.1) is 12.8 Å². The predicted molar refractivity (Wildman–Crippen MR) is 80.8 cm³/mol. The Balaban J connectivity index is 1.99. The van der Waals surface area contributed by atoms with Crippen LogP contribution < -0.4 is 0 Å². The molecule has 2 heteroatoms. The summed E-state index contributed by atoms with van der Waals surface area (Å²) in [6.07, 6.45) is 2.08. The first-order chi connectivity index (χ1) is 9.65. The highest BCUT2D eigenvalue weighted by Gasteiger charge is 2.17. The van der Waals surface area contributed by atoms with Crippen LogP contribution in [0.3, 0.4) is 0 Å². The van der Waals surface area contributed by atoms with Gasteiger partial charge in [0.15, 0.2) is 0 Å². The molecule has 0 saturated heterocycles. The largest absolute Gasteiger partial charge is 0.481 e. The maximum absolute atomic E-state index is 11.4. The van der Waals surface area contributed by atoms with Crippen molar-refractivity contribution in [1.82, 2.24) is 0 Å². The van der Waals surface area contributed by atoms with Crippen LogP contribution in [0.2, 0.25) is 0 Å². The molecule has 2 aromatic carbocycles. The van der Waals surface area contributed by atoms with E-state index in [-0.39, 0.29) is 5.92 Å². The fourth-order valence-electron chi connectivity index (χ4n) is 2.42. The monoisotopic (exact) mass is 268 g/mol. The fourth-order valence-corrected chi connectivity index (χ4v) is 2.42. The summed E-state index contributed by atoms with van der Waals surface area (Å²) in [7, 11) is 0. The summed E-state index contributed by atoms with van der Waals surface area (Å²) in [4.78, 5) is 11.4. The van der Waals surface area contributed by atoms with Crippen LogP contribution in [-0.2, 0) is 17.6 Å². The molecule has 2 nitrogen and oxygen atoms in total. The summed E-state index contributed by atoms with van der Waals surface area (Å²) < 4.78 is 0. The van der Waals surface area contributed by atoms with Gasteiger partial charge in [-0.3, -0.25) is 4.79 Å². The van der Waals surface area contributed by atoms with Gasteiger partial charge in [0.2, 0.25) is 0 Å². The molecule has 0 saturated carbocycles. The van der Waals surface area contributed by atoms with Crippen molar-refractivity contribution in [1.29, 1.82) is 0 Å². The molecular formula is C18H20O2. The van der Waals surface area contributed by atoms with E-state index in [2.05, 4.69) is 6.07 Å². The number of benzene rings is 2. The molecule has 104 valence electrons. The lowest BCUT2D eigenvalue weighted by Gasteiger charge is -2.13. The number of carbonyl (C=O) groups is 1. The normalized spacial score (nSPS) is 12.1. The Hall–Kier alpha value is -2.09. The molecule has 0 radical (unpaired) electrons. The summed E-state index contributed by atoms with van der Waals surface area (Å²) in [5.41, 5.74) is 3.48. The SMILES string of the molecule is Cc1cccc(CC(CCc2ccccc2)C(=O)O)c1. The van der Waals surface area contributed by atoms with Gasteiger partial charge in [0, 0.05) is 0 Å². The van der Waals surface area contributed by atoms with Crippen LogP contribution in [-0.4, -0.2) is 11.1 Å². The second-order valence-corrected chi connectivity index (χ2v) is 5.25. The number of carboxylic acid groups (broad SMARTS) is 1. The number of aliphatic carboxylic acids is 1. The average molecular weight is 268 g/mol. The van der Waals surface area contributed by atoms with Crippen LogP contribution in [0.25, 0.3) is 0 Å². The van der Waals surface area contributed by atoms with Gasteiger partial charge in [0.1, 0.15) is 0 Å². The molecule has 0 aromatic heterocycles. The molecule has 0 fully saturated rings. The van der Waals surface area contributed by atoms with Crippen molar-refractivity contribution in [3.05, 3.63) is 71.3 Å². The smallest absolute Gasteiger partial charge is 0.306 e. The highest BCUT2D eigenvalue weighted by atomic mass is 16.4. The standard InChI is InChI=1S/C18H20O2/c1-14-6-5-9-16(12-14)13-17(18(19)20)11-10-15-7-3-2-4-8-15/h2-9,12,17H,10-11,13H2,1H3,(H,19,20). The van der Waals surface area contributed by atoms with Crippen LogP contribution in [0.4, 0.5) is 0 Å². The van der Waals surface area contributed by atoms with E-state index < -0.39 is 5.97 Å². The van der Waals surface area contributed by atoms with Gasteiger partial charge in [-0.2, -0.15) is 0 Å². The topological polar surface area (TPSA) is 37.3 Å². The lowest BCUT2D eigenvalue weighted by molar-refractivity contribution is -0.141. The van der Waals surface area contributed by atoms with Crippen molar-refractivity contribution in [3.8, 4) is 0 Å². The Morgan fingerprint density at radius 3 is 2.40 bits per heavy atom. The van der Waals surface area contributed by atoms with E-state index in [4.69, 9.17) is 0 Å². The van der Waals surface area contributed by atoms with Crippen LogP contribution in [0.15, 0.2) is 54.6 Å². The van der Waals surface area contributed by atoms with Crippen molar-refractivity contribution in [2.24, 2.45) is 5.92 Å². The Labute approximate surface area is 120 Å². The van der Waals surface area contributed by atoms with Crippen molar-refractivity contribution in [2.45, 2.75) is 26.2 Å². The molecule has 0 amide bonds. The van der Waals surface area contributed by atoms with E-state index in [0.29, 0.717) is 12.8 Å². The highest BCUT2D eigenvalue weighted by molar-refractivity contribution is 5.70. The van der Waals surface area contributed by atoms with Gasteiger partial charge >= 0.3 is 5.97 Å². The summed E-state index contributed by atoms with van der Waals surface area (Å²) in [6, 6.07) is 18.1. The highest BCUT2D eigenvalue weighted by Crippen LogP contribution is 2.17.